The van der Waals surface area contributed by atoms with Gasteiger partial charge in [-0.05, 0) is 56.8 Å². The SMILES string of the molecule is CCCOc1cc(Br)c(OCCC)cc1Br. The van der Waals surface area contributed by atoms with E-state index in [4.69, 9.17) is 9.47 Å². The lowest BCUT2D eigenvalue weighted by Gasteiger charge is -2.11. The van der Waals surface area contributed by atoms with Gasteiger partial charge in [0.05, 0.1) is 22.2 Å². The maximum atomic E-state index is 5.59. The van der Waals surface area contributed by atoms with Crippen molar-refractivity contribution in [2.45, 2.75) is 26.7 Å². The lowest BCUT2D eigenvalue weighted by atomic mass is 10.3. The largest absolute Gasteiger partial charge is 0.492 e. The summed E-state index contributed by atoms with van der Waals surface area (Å²) in [4.78, 5) is 0. The normalized spacial score (nSPS) is 10.2. The maximum absolute atomic E-state index is 5.59. The molecule has 1 aromatic rings. The minimum atomic E-state index is 0.722. The molecule has 0 aromatic heterocycles. The molecule has 0 bridgehead atoms. The summed E-state index contributed by atoms with van der Waals surface area (Å²) in [6.45, 7) is 5.61. The van der Waals surface area contributed by atoms with Crippen LogP contribution in [0, 0.1) is 0 Å². The Hall–Kier alpha value is -0.220. The number of benzene rings is 1. The molecule has 0 aliphatic heterocycles. The Labute approximate surface area is 114 Å². The van der Waals surface area contributed by atoms with Gasteiger partial charge in [-0.25, -0.2) is 0 Å². The van der Waals surface area contributed by atoms with E-state index in [0.29, 0.717) is 0 Å². The molecule has 2 nitrogen and oxygen atoms in total. The molecule has 0 aliphatic carbocycles. The molecule has 90 valence electrons. The van der Waals surface area contributed by atoms with E-state index in [1.54, 1.807) is 0 Å². The van der Waals surface area contributed by atoms with Crippen LogP contribution in [0.1, 0.15) is 26.7 Å². The topological polar surface area (TPSA) is 18.5 Å². The molecule has 0 aliphatic rings. The third-order valence-corrected chi connectivity index (χ3v) is 3.15. The lowest BCUT2D eigenvalue weighted by molar-refractivity contribution is 0.305. The second-order valence-electron chi connectivity index (χ2n) is 3.41. The number of rotatable bonds is 6. The molecule has 0 unspecified atom stereocenters. The molecular weight excluding hydrogens is 336 g/mol. The quantitative estimate of drug-likeness (QED) is 0.733. The van der Waals surface area contributed by atoms with E-state index >= 15 is 0 Å². The number of hydrogen-bond acceptors (Lipinski definition) is 2. The second-order valence-corrected chi connectivity index (χ2v) is 5.12. The molecule has 0 saturated heterocycles. The monoisotopic (exact) mass is 350 g/mol. The van der Waals surface area contributed by atoms with E-state index in [-0.39, 0.29) is 0 Å². The first-order chi connectivity index (χ1) is 7.69. The highest BCUT2D eigenvalue weighted by Crippen LogP contribution is 2.36. The summed E-state index contributed by atoms with van der Waals surface area (Å²) >= 11 is 6.96. The van der Waals surface area contributed by atoms with Crippen LogP contribution >= 0.6 is 31.9 Å². The molecule has 16 heavy (non-hydrogen) atoms. The second kappa shape index (κ2) is 7.17. The Morgan fingerprint density at radius 3 is 1.56 bits per heavy atom. The molecule has 1 aromatic carbocycles. The standard InChI is InChI=1S/C12H16Br2O2/c1-3-5-15-11-7-10(14)12(8-9(11)13)16-6-4-2/h7-8H,3-6H2,1-2H3. The van der Waals surface area contributed by atoms with Crippen LogP contribution in [0.5, 0.6) is 11.5 Å². The van der Waals surface area contributed by atoms with Gasteiger partial charge in [0.2, 0.25) is 0 Å². The van der Waals surface area contributed by atoms with Crippen LogP contribution in [0.15, 0.2) is 21.1 Å². The first-order valence-electron chi connectivity index (χ1n) is 5.43. The van der Waals surface area contributed by atoms with E-state index in [9.17, 15) is 0 Å². The highest BCUT2D eigenvalue weighted by molar-refractivity contribution is 9.11. The van der Waals surface area contributed by atoms with E-state index in [0.717, 1.165) is 46.5 Å². The van der Waals surface area contributed by atoms with Crippen molar-refractivity contribution < 1.29 is 9.47 Å². The molecule has 0 saturated carbocycles. The maximum Gasteiger partial charge on any atom is 0.134 e. The van der Waals surface area contributed by atoms with Crippen LogP contribution in [0.3, 0.4) is 0 Å². The molecule has 1 rings (SSSR count). The molecular formula is C12H16Br2O2. The van der Waals surface area contributed by atoms with Crippen LogP contribution in [0.4, 0.5) is 0 Å². The van der Waals surface area contributed by atoms with Gasteiger partial charge >= 0.3 is 0 Å². The molecule has 0 fully saturated rings. The number of hydrogen-bond donors (Lipinski definition) is 0. The van der Waals surface area contributed by atoms with Crippen LogP contribution in [-0.2, 0) is 0 Å². The highest BCUT2D eigenvalue weighted by atomic mass is 79.9. The van der Waals surface area contributed by atoms with Crippen LogP contribution in [0.25, 0.3) is 0 Å². The van der Waals surface area contributed by atoms with Crippen molar-refractivity contribution in [1.29, 1.82) is 0 Å². The Kier molecular flexibility index (Phi) is 6.21. The van der Waals surface area contributed by atoms with Crippen LogP contribution < -0.4 is 9.47 Å². The smallest absolute Gasteiger partial charge is 0.134 e. The summed E-state index contributed by atoms with van der Waals surface area (Å²) in [5.41, 5.74) is 0. The minimum absolute atomic E-state index is 0.722. The fourth-order valence-corrected chi connectivity index (χ4v) is 2.03. The van der Waals surface area contributed by atoms with Crippen LogP contribution in [-0.4, -0.2) is 13.2 Å². The van der Waals surface area contributed by atoms with Crippen molar-refractivity contribution in [1.82, 2.24) is 0 Å². The lowest BCUT2D eigenvalue weighted by Crippen LogP contribution is -1.99. The zero-order valence-corrected chi connectivity index (χ0v) is 12.7. The minimum Gasteiger partial charge on any atom is -0.492 e. The Morgan fingerprint density at radius 2 is 1.25 bits per heavy atom. The van der Waals surface area contributed by atoms with Gasteiger partial charge in [-0.1, -0.05) is 13.8 Å². The van der Waals surface area contributed by atoms with Gasteiger partial charge in [0.1, 0.15) is 11.5 Å². The van der Waals surface area contributed by atoms with Gasteiger partial charge in [-0.15, -0.1) is 0 Å². The predicted molar refractivity (Wildman–Crippen MR) is 73.4 cm³/mol. The van der Waals surface area contributed by atoms with Crippen molar-refractivity contribution in [3.8, 4) is 11.5 Å². The zero-order valence-electron chi connectivity index (χ0n) is 9.56. The van der Waals surface area contributed by atoms with E-state index < -0.39 is 0 Å². The Balaban J connectivity index is 2.79. The molecule has 0 heterocycles. The van der Waals surface area contributed by atoms with Crippen molar-refractivity contribution in [3.63, 3.8) is 0 Å². The molecule has 0 spiro atoms. The van der Waals surface area contributed by atoms with Gasteiger partial charge < -0.3 is 9.47 Å². The summed E-state index contributed by atoms with van der Waals surface area (Å²) in [5, 5.41) is 0. The van der Waals surface area contributed by atoms with Crippen molar-refractivity contribution in [2.24, 2.45) is 0 Å². The van der Waals surface area contributed by atoms with Crippen molar-refractivity contribution in [3.05, 3.63) is 21.1 Å². The third kappa shape index (κ3) is 3.98. The molecule has 0 amide bonds. The Bertz CT molecular complexity index is 306. The summed E-state index contributed by atoms with van der Waals surface area (Å²) in [6.07, 6.45) is 2.00. The summed E-state index contributed by atoms with van der Waals surface area (Å²) in [5.74, 6) is 1.69. The summed E-state index contributed by atoms with van der Waals surface area (Å²) < 4.78 is 13.0. The third-order valence-electron chi connectivity index (χ3n) is 1.91. The molecule has 0 radical (unpaired) electrons. The van der Waals surface area contributed by atoms with E-state index in [1.807, 2.05) is 12.1 Å². The highest BCUT2D eigenvalue weighted by Gasteiger charge is 2.08. The van der Waals surface area contributed by atoms with Crippen LogP contribution in [0.2, 0.25) is 0 Å². The van der Waals surface area contributed by atoms with Gasteiger partial charge in [0.15, 0.2) is 0 Å². The first-order valence-corrected chi connectivity index (χ1v) is 7.02. The zero-order chi connectivity index (χ0) is 12.0. The fourth-order valence-electron chi connectivity index (χ4n) is 1.16. The first kappa shape index (κ1) is 13.8. The average Bonchev–Trinajstić information content (AvgIpc) is 2.28. The van der Waals surface area contributed by atoms with Gasteiger partial charge in [0.25, 0.3) is 0 Å². The predicted octanol–water partition coefficient (Wildman–Crippen LogP) is 4.79. The van der Waals surface area contributed by atoms with Gasteiger partial charge in [0, 0.05) is 0 Å². The summed E-state index contributed by atoms with van der Waals surface area (Å²) in [6, 6.07) is 3.87. The number of ether oxygens (including phenoxy) is 2. The van der Waals surface area contributed by atoms with E-state index in [2.05, 4.69) is 45.7 Å². The van der Waals surface area contributed by atoms with Gasteiger partial charge in [-0.3, -0.25) is 0 Å². The van der Waals surface area contributed by atoms with E-state index in [1.165, 1.54) is 0 Å². The van der Waals surface area contributed by atoms with Crippen molar-refractivity contribution in [2.75, 3.05) is 13.2 Å². The average molecular weight is 352 g/mol. The van der Waals surface area contributed by atoms with Gasteiger partial charge in [-0.2, -0.15) is 0 Å². The molecule has 4 heteroatoms. The Morgan fingerprint density at radius 1 is 0.875 bits per heavy atom. The molecule has 0 N–H and O–H groups in total. The number of halogens is 2. The summed E-state index contributed by atoms with van der Waals surface area (Å²) in [7, 11) is 0. The van der Waals surface area contributed by atoms with Crippen molar-refractivity contribution >= 4 is 31.9 Å². The molecule has 0 atom stereocenters. The fraction of sp³-hybridized carbons (Fsp3) is 0.500.